The van der Waals surface area contributed by atoms with Crippen molar-refractivity contribution in [1.82, 2.24) is 15.0 Å². The van der Waals surface area contributed by atoms with Crippen LogP contribution in [-0.2, 0) is 17.8 Å². The van der Waals surface area contributed by atoms with Gasteiger partial charge < -0.3 is 9.63 Å². The topological polar surface area (TPSA) is 79.5 Å². The number of nitrogens with zero attached hydrogens (tertiary/aromatic N) is 3. The second-order valence-corrected chi connectivity index (χ2v) is 5.12. The van der Waals surface area contributed by atoms with Gasteiger partial charge in [0.2, 0.25) is 5.89 Å². The lowest BCUT2D eigenvalue weighted by atomic mass is 9.98. The highest BCUT2D eigenvalue weighted by Crippen LogP contribution is 2.18. The molecule has 20 heavy (non-hydrogen) atoms. The van der Waals surface area contributed by atoms with Crippen molar-refractivity contribution in [2.45, 2.75) is 45.6 Å². The van der Waals surface area contributed by atoms with Gasteiger partial charge in [-0.3, -0.25) is 9.69 Å². The zero-order valence-corrected chi connectivity index (χ0v) is 12.6. The molecule has 1 fully saturated rings. The van der Waals surface area contributed by atoms with Gasteiger partial charge in [-0.1, -0.05) is 18.5 Å². The van der Waals surface area contributed by atoms with Gasteiger partial charge in [0.15, 0.2) is 5.82 Å². The predicted molar refractivity (Wildman–Crippen MR) is 75.8 cm³/mol. The Balaban J connectivity index is 0.00000200. The fourth-order valence-electron chi connectivity index (χ4n) is 2.38. The van der Waals surface area contributed by atoms with Crippen molar-refractivity contribution in [2.24, 2.45) is 5.92 Å². The Bertz CT molecular complexity index is 425. The fourth-order valence-corrected chi connectivity index (χ4v) is 2.38. The van der Waals surface area contributed by atoms with E-state index in [1.807, 2.05) is 0 Å². The monoisotopic (exact) mass is 303 g/mol. The fraction of sp³-hybridized carbons (Fsp3) is 0.769. The average molecular weight is 304 g/mol. The van der Waals surface area contributed by atoms with Crippen LogP contribution < -0.4 is 0 Å². The summed E-state index contributed by atoms with van der Waals surface area (Å²) in [4.78, 5) is 17.4. The largest absolute Gasteiger partial charge is 0.481 e. The van der Waals surface area contributed by atoms with E-state index in [1.165, 1.54) is 0 Å². The number of carboxylic acid groups (broad SMARTS) is 1. The second kappa shape index (κ2) is 8.21. The summed E-state index contributed by atoms with van der Waals surface area (Å²) in [5.41, 5.74) is 0. The van der Waals surface area contributed by atoms with Crippen LogP contribution in [0.15, 0.2) is 4.52 Å². The normalized spacial score (nSPS) is 19.6. The number of hydrogen-bond acceptors (Lipinski definition) is 5. The summed E-state index contributed by atoms with van der Waals surface area (Å²) in [6.45, 7) is 4.19. The lowest BCUT2D eigenvalue weighted by Crippen LogP contribution is -2.38. The summed E-state index contributed by atoms with van der Waals surface area (Å²) in [5, 5.41) is 13.0. The minimum atomic E-state index is -0.707. The van der Waals surface area contributed by atoms with E-state index in [9.17, 15) is 4.79 Å². The lowest BCUT2D eigenvalue weighted by molar-refractivity contribution is -0.143. The number of likely N-dealkylation sites (tertiary alicyclic amines) is 1. The van der Waals surface area contributed by atoms with Gasteiger partial charge in [-0.25, -0.2) is 0 Å². The van der Waals surface area contributed by atoms with E-state index in [0.717, 1.165) is 38.6 Å². The van der Waals surface area contributed by atoms with Gasteiger partial charge >= 0.3 is 5.97 Å². The standard InChI is InChI=1S/C13H21N3O3.ClH/c1-2-3-6-12-14-11(15-19-12)9-16-7-4-5-10(8-16)13(17)18;/h10H,2-9H2,1H3,(H,17,18);1H. The Morgan fingerprint density at radius 1 is 1.55 bits per heavy atom. The molecule has 1 aromatic rings. The maximum Gasteiger partial charge on any atom is 0.307 e. The smallest absolute Gasteiger partial charge is 0.307 e. The Morgan fingerprint density at radius 2 is 2.35 bits per heavy atom. The Kier molecular flexibility index (Phi) is 6.95. The van der Waals surface area contributed by atoms with Crippen LogP contribution in [0.5, 0.6) is 0 Å². The average Bonchev–Trinajstić information content (AvgIpc) is 2.84. The molecule has 0 bridgehead atoms. The number of halogens is 1. The van der Waals surface area contributed by atoms with Crippen molar-refractivity contribution in [3.05, 3.63) is 11.7 Å². The van der Waals surface area contributed by atoms with E-state index in [0.29, 0.717) is 24.8 Å². The van der Waals surface area contributed by atoms with Crippen molar-refractivity contribution in [3.63, 3.8) is 0 Å². The zero-order valence-electron chi connectivity index (χ0n) is 11.7. The molecule has 0 aliphatic carbocycles. The van der Waals surface area contributed by atoms with Gasteiger partial charge in [0.25, 0.3) is 0 Å². The molecule has 1 atom stereocenters. The van der Waals surface area contributed by atoms with Crippen molar-refractivity contribution in [2.75, 3.05) is 13.1 Å². The molecule has 0 saturated carbocycles. The molecule has 2 heterocycles. The Hall–Kier alpha value is -1.14. The van der Waals surface area contributed by atoms with Crippen LogP contribution in [0.25, 0.3) is 0 Å². The molecule has 1 aliphatic heterocycles. The van der Waals surface area contributed by atoms with Gasteiger partial charge in [-0.2, -0.15) is 4.98 Å². The van der Waals surface area contributed by atoms with E-state index in [1.54, 1.807) is 0 Å². The molecule has 6 nitrogen and oxygen atoms in total. The van der Waals surface area contributed by atoms with Crippen LogP contribution in [0.4, 0.5) is 0 Å². The highest BCUT2D eigenvalue weighted by atomic mass is 35.5. The van der Waals surface area contributed by atoms with Gasteiger partial charge in [0.05, 0.1) is 12.5 Å². The highest BCUT2D eigenvalue weighted by molar-refractivity contribution is 5.85. The maximum atomic E-state index is 11.0. The van der Waals surface area contributed by atoms with Crippen LogP contribution in [0, 0.1) is 5.92 Å². The zero-order chi connectivity index (χ0) is 13.7. The van der Waals surface area contributed by atoms with Gasteiger partial charge in [0, 0.05) is 13.0 Å². The molecular weight excluding hydrogens is 282 g/mol. The number of aliphatic carboxylic acids is 1. The summed E-state index contributed by atoms with van der Waals surface area (Å²) >= 11 is 0. The number of rotatable bonds is 6. The third-order valence-corrected chi connectivity index (χ3v) is 3.47. The summed E-state index contributed by atoms with van der Waals surface area (Å²) in [5.74, 6) is 0.377. The maximum absolute atomic E-state index is 11.0. The summed E-state index contributed by atoms with van der Waals surface area (Å²) < 4.78 is 5.18. The number of carbonyl (C=O) groups is 1. The molecule has 0 spiro atoms. The Labute approximate surface area is 124 Å². The number of piperidine rings is 1. The highest BCUT2D eigenvalue weighted by Gasteiger charge is 2.26. The van der Waals surface area contributed by atoms with Crippen LogP contribution in [-0.4, -0.2) is 39.2 Å². The SMILES string of the molecule is CCCCc1nc(CN2CCCC(C(=O)O)C2)no1.Cl. The van der Waals surface area contributed by atoms with Crippen LogP contribution in [0.3, 0.4) is 0 Å². The van der Waals surface area contributed by atoms with Crippen molar-refractivity contribution >= 4 is 18.4 Å². The number of aromatic nitrogens is 2. The molecule has 1 aromatic heterocycles. The molecule has 0 radical (unpaired) electrons. The van der Waals surface area contributed by atoms with Gasteiger partial charge in [0.1, 0.15) is 0 Å². The molecular formula is C13H22ClN3O3. The number of hydrogen-bond donors (Lipinski definition) is 1. The number of unbranched alkanes of at least 4 members (excludes halogenated alkanes) is 1. The van der Waals surface area contributed by atoms with E-state index in [4.69, 9.17) is 9.63 Å². The lowest BCUT2D eigenvalue weighted by Gasteiger charge is -2.29. The van der Waals surface area contributed by atoms with Crippen molar-refractivity contribution in [3.8, 4) is 0 Å². The summed E-state index contributed by atoms with van der Waals surface area (Å²) in [7, 11) is 0. The number of carboxylic acids is 1. The first-order valence-electron chi connectivity index (χ1n) is 6.95. The second-order valence-electron chi connectivity index (χ2n) is 5.12. The first kappa shape index (κ1) is 16.9. The third kappa shape index (κ3) is 4.76. The molecule has 1 saturated heterocycles. The molecule has 7 heteroatoms. The first-order chi connectivity index (χ1) is 9.19. The predicted octanol–water partition coefficient (Wildman–Crippen LogP) is 2.13. The minimum absolute atomic E-state index is 0. The van der Waals surface area contributed by atoms with Crippen LogP contribution >= 0.6 is 12.4 Å². The van der Waals surface area contributed by atoms with Gasteiger partial charge in [-0.15, -0.1) is 12.4 Å². The van der Waals surface area contributed by atoms with E-state index in [2.05, 4.69) is 22.0 Å². The third-order valence-electron chi connectivity index (χ3n) is 3.47. The molecule has 1 aliphatic rings. The van der Waals surface area contributed by atoms with E-state index < -0.39 is 5.97 Å². The summed E-state index contributed by atoms with van der Waals surface area (Å²) in [6, 6.07) is 0. The number of aryl methyl sites for hydroxylation is 1. The summed E-state index contributed by atoms with van der Waals surface area (Å²) in [6.07, 6.45) is 4.65. The molecule has 2 rings (SSSR count). The molecule has 114 valence electrons. The van der Waals surface area contributed by atoms with Gasteiger partial charge in [-0.05, 0) is 25.8 Å². The van der Waals surface area contributed by atoms with Crippen LogP contribution in [0.1, 0.15) is 44.3 Å². The van der Waals surface area contributed by atoms with E-state index in [-0.39, 0.29) is 18.3 Å². The quantitative estimate of drug-likeness (QED) is 0.867. The molecule has 1 unspecified atom stereocenters. The van der Waals surface area contributed by atoms with Crippen molar-refractivity contribution < 1.29 is 14.4 Å². The van der Waals surface area contributed by atoms with Crippen molar-refractivity contribution in [1.29, 1.82) is 0 Å². The first-order valence-corrected chi connectivity index (χ1v) is 6.95. The minimum Gasteiger partial charge on any atom is -0.481 e. The Morgan fingerprint density at radius 3 is 3.05 bits per heavy atom. The van der Waals surface area contributed by atoms with Crippen LogP contribution in [0.2, 0.25) is 0 Å². The molecule has 0 aromatic carbocycles. The van der Waals surface area contributed by atoms with E-state index >= 15 is 0 Å². The molecule has 0 amide bonds. The molecule has 1 N–H and O–H groups in total.